The van der Waals surface area contributed by atoms with E-state index in [-0.39, 0.29) is 11.3 Å². The third-order valence-electron chi connectivity index (χ3n) is 4.66. The standard InChI is InChI=1S/C14H28N4O2Si/c1-14(2,3)21(5,6)20-12-7-8-17(12)18-10-16-9-11(19-4)13(18)15/h9,12H,7-8,10,15H2,1-6H3. The monoisotopic (exact) mass is 312 g/mol. The van der Waals surface area contributed by atoms with E-state index in [0.29, 0.717) is 18.2 Å². The fourth-order valence-electron chi connectivity index (χ4n) is 2.11. The predicted octanol–water partition coefficient (Wildman–Crippen LogP) is 2.07. The normalized spacial score (nSPS) is 24.3. The maximum absolute atomic E-state index is 6.47. The largest absolute Gasteiger partial charge is 0.491 e. The Kier molecular flexibility index (Phi) is 4.37. The summed E-state index contributed by atoms with van der Waals surface area (Å²) >= 11 is 0. The van der Waals surface area contributed by atoms with Crippen LogP contribution < -0.4 is 5.73 Å². The average molecular weight is 312 g/mol. The first kappa shape index (κ1) is 16.3. The van der Waals surface area contributed by atoms with Crippen molar-refractivity contribution in [3.8, 4) is 0 Å². The highest BCUT2D eigenvalue weighted by Crippen LogP contribution is 2.39. The van der Waals surface area contributed by atoms with Crippen LogP contribution in [0.1, 0.15) is 27.2 Å². The fourth-order valence-corrected chi connectivity index (χ4v) is 3.38. The van der Waals surface area contributed by atoms with Crippen molar-refractivity contribution in [3.05, 3.63) is 11.6 Å². The number of hydrogen-bond acceptors (Lipinski definition) is 6. The van der Waals surface area contributed by atoms with Crippen LogP contribution in [0.4, 0.5) is 0 Å². The summed E-state index contributed by atoms with van der Waals surface area (Å²) in [5.74, 6) is 1.22. The molecule has 1 saturated heterocycles. The lowest BCUT2D eigenvalue weighted by atomic mass is 10.2. The molecule has 0 saturated carbocycles. The van der Waals surface area contributed by atoms with Crippen molar-refractivity contribution in [3.63, 3.8) is 0 Å². The Balaban J connectivity index is 2.07. The Morgan fingerprint density at radius 2 is 2.05 bits per heavy atom. The number of aliphatic imine (C=N–C) groups is 1. The van der Waals surface area contributed by atoms with Gasteiger partial charge in [0.05, 0.1) is 13.3 Å². The zero-order valence-electron chi connectivity index (χ0n) is 14.0. The van der Waals surface area contributed by atoms with Crippen molar-refractivity contribution in [1.29, 1.82) is 0 Å². The summed E-state index contributed by atoms with van der Waals surface area (Å²) < 4.78 is 11.7. The molecule has 2 aliphatic rings. The first-order valence-corrected chi connectivity index (χ1v) is 10.3. The van der Waals surface area contributed by atoms with E-state index in [1.54, 1.807) is 13.3 Å². The predicted molar refractivity (Wildman–Crippen MR) is 86.8 cm³/mol. The molecule has 0 bridgehead atoms. The molecule has 0 spiro atoms. The highest BCUT2D eigenvalue weighted by atomic mass is 28.4. The summed E-state index contributed by atoms with van der Waals surface area (Å²) in [5.41, 5.74) is 6.16. The minimum absolute atomic E-state index is 0.0934. The van der Waals surface area contributed by atoms with E-state index in [1.165, 1.54) is 0 Å². The number of rotatable bonds is 4. The van der Waals surface area contributed by atoms with Crippen LogP contribution in [0.3, 0.4) is 0 Å². The summed E-state index contributed by atoms with van der Waals surface area (Å²) in [6, 6.07) is 0. The van der Waals surface area contributed by atoms with E-state index in [4.69, 9.17) is 14.9 Å². The van der Waals surface area contributed by atoms with Crippen LogP contribution >= 0.6 is 0 Å². The molecule has 2 rings (SSSR count). The molecule has 6 nitrogen and oxygen atoms in total. The first-order chi connectivity index (χ1) is 9.67. The van der Waals surface area contributed by atoms with Gasteiger partial charge in [0, 0.05) is 13.0 Å². The van der Waals surface area contributed by atoms with Gasteiger partial charge in [-0.1, -0.05) is 20.8 Å². The van der Waals surface area contributed by atoms with Crippen LogP contribution in [0.2, 0.25) is 18.1 Å². The first-order valence-electron chi connectivity index (χ1n) is 7.43. The molecule has 0 aromatic carbocycles. The molecule has 2 heterocycles. The maximum Gasteiger partial charge on any atom is 0.194 e. The number of allylic oxidation sites excluding steroid dienone is 1. The van der Waals surface area contributed by atoms with Crippen molar-refractivity contribution in [2.75, 3.05) is 20.3 Å². The minimum atomic E-state index is -1.79. The van der Waals surface area contributed by atoms with Crippen LogP contribution in [0.25, 0.3) is 0 Å². The van der Waals surface area contributed by atoms with E-state index in [1.807, 2.05) is 5.01 Å². The molecule has 1 fully saturated rings. The summed E-state index contributed by atoms with van der Waals surface area (Å²) in [5, 5.41) is 4.32. The van der Waals surface area contributed by atoms with Gasteiger partial charge >= 0.3 is 0 Å². The third-order valence-corrected chi connectivity index (χ3v) is 9.13. The Morgan fingerprint density at radius 3 is 2.52 bits per heavy atom. The van der Waals surface area contributed by atoms with E-state index in [0.717, 1.165) is 13.0 Å². The molecule has 2 N–H and O–H groups in total. The third kappa shape index (κ3) is 3.09. The van der Waals surface area contributed by atoms with Crippen molar-refractivity contribution in [1.82, 2.24) is 10.0 Å². The second-order valence-electron chi connectivity index (χ2n) is 7.09. The molecule has 21 heavy (non-hydrogen) atoms. The lowest BCUT2D eigenvalue weighted by Gasteiger charge is -2.51. The van der Waals surface area contributed by atoms with E-state index >= 15 is 0 Å². The Hall–Kier alpha value is -1.05. The average Bonchev–Trinajstić information content (AvgIpc) is 2.36. The van der Waals surface area contributed by atoms with Gasteiger partial charge in [0.2, 0.25) is 0 Å². The lowest BCUT2D eigenvalue weighted by Crippen LogP contribution is -2.62. The van der Waals surface area contributed by atoms with E-state index in [9.17, 15) is 0 Å². The van der Waals surface area contributed by atoms with Gasteiger partial charge in [-0.25, -0.2) is 0 Å². The quantitative estimate of drug-likeness (QED) is 0.805. The number of ether oxygens (including phenoxy) is 1. The second-order valence-corrected chi connectivity index (χ2v) is 11.8. The van der Waals surface area contributed by atoms with Crippen molar-refractivity contribution in [2.45, 2.75) is 51.6 Å². The zero-order valence-corrected chi connectivity index (χ0v) is 15.0. The van der Waals surface area contributed by atoms with Crippen LogP contribution in [0, 0.1) is 0 Å². The maximum atomic E-state index is 6.47. The minimum Gasteiger partial charge on any atom is -0.491 e. The zero-order chi connectivity index (χ0) is 15.8. The SMILES string of the molecule is COC1=C(N)N(N2CCC2O[Si](C)(C)C(C)(C)C)CN=C1. The molecule has 0 aliphatic carbocycles. The Morgan fingerprint density at radius 1 is 1.38 bits per heavy atom. The Bertz CT molecular complexity index is 456. The Labute approximate surface area is 128 Å². The number of methoxy groups -OCH3 is 1. The molecular weight excluding hydrogens is 284 g/mol. The van der Waals surface area contributed by atoms with Crippen molar-refractivity contribution >= 4 is 14.5 Å². The number of nitrogens with zero attached hydrogens (tertiary/aromatic N) is 3. The van der Waals surface area contributed by atoms with E-state index < -0.39 is 8.32 Å². The molecule has 7 heteroatoms. The molecule has 2 aliphatic heterocycles. The highest BCUT2D eigenvalue weighted by Gasteiger charge is 2.44. The molecule has 0 amide bonds. The molecule has 120 valence electrons. The summed E-state index contributed by atoms with van der Waals surface area (Å²) in [4.78, 5) is 4.30. The van der Waals surface area contributed by atoms with Crippen LogP contribution in [0.5, 0.6) is 0 Å². The highest BCUT2D eigenvalue weighted by molar-refractivity contribution is 6.74. The summed E-state index contributed by atoms with van der Waals surface area (Å²) in [6.45, 7) is 12.8. The number of nitrogens with two attached hydrogens (primary N) is 1. The van der Waals surface area contributed by atoms with Gasteiger partial charge in [0.1, 0.15) is 12.9 Å². The topological polar surface area (TPSA) is 63.3 Å². The number of hydrogen-bond donors (Lipinski definition) is 1. The van der Waals surface area contributed by atoms with Gasteiger partial charge in [-0.2, -0.15) is 5.01 Å². The van der Waals surface area contributed by atoms with Gasteiger partial charge in [-0.3, -0.25) is 10.0 Å². The fraction of sp³-hybridized carbons (Fsp3) is 0.786. The van der Waals surface area contributed by atoms with Gasteiger partial charge in [-0.15, -0.1) is 0 Å². The molecular formula is C14H28N4O2Si. The van der Waals surface area contributed by atoms with Crippen molar-refractivity contribution < 1.29 is 9.16 Å². The van der Waals surface area contributed by atoms with Crippen molar-refractivity contribution in [2.24, 2.45) is 10.7 Å². The molecule has 0 aromatic heterocycles. The van der Waals surface area contributed by atoms with Gasteiger partial charge < -0.3 is 14.9 Å². The summed E-state index contributed by atoms with van der Waals surface area (Å²) in [7, 11) is -0.177. The molecule has 0 radical (unpaired) electrons. The van der Waals surface area contributed by atoms with Crippen LogP contribution in [-0.4, -0.2) is 51.1 Å². The van der Waals surface area contributed by atoms with Crippen LogP contribution in [0.15, 0.2) is 16.6 Å². The summed E-state index contributed by atoms with van der Waals surface area (Å²) in [6.07, 6.45) is 2.80. The molecule has 1 atom stereocenters. The molecule has 1 unspecified atom stereocenters. The molecule has 0 aromatic rings. The number of hydrazine groups is 1. The van der Waals surface area contributed by atoms with Crippen LogP contribution in [-0.2, 0) is 9.16 Å². The van der Waals surface area contributed by atoms with Gasteiger partial charge in [0.15, 0.2) is 19.9 Å². The lowest BCUT2D eigenvalue weighted by molar-refractivity contribution is -0.179. The van der Waals surface area contributed by atoms with E-state index in [2.05, 4.69) is 43.9 Å². The smallest absolute Gasteiger partial charge is 0.194 e. The van der Waals surface area contributed by atoms with Gasteiger partial charge in [0.25, 0.3) is 0 Å². The second kappa shape index (κ2) is 5.62. The van der Waals surface area contributed by atoms with Gasteiger partial charge in [-0.05, 0) is 18.1 Å².